The maximum absolute atomic E-state index is 12.0. The molecule has 0 bridgehead atoms. The van der Waals surface area contributed by atoms with Gasteiger partial charge in [-0.2, -0.15) is 0 Å². The highest BCUT2D eigenvalue weighted by Gasteiger charge is 2.18. The highest BCUT2D eigenvalue weighted by atomic mass is 16.2. The van der Waals surface area contributed by atoms with Crippen LogP contribution in [0.5, 0.6) is 0 Å². The molecule has 4 nitrogen and oxygen atoms in total. The van der Waals surface area contributed by atoms with E-state index in [1.165, 1.54) is 12.8 Å². The number of carbonyl (C=O) groups is 1. The Kier molecular flexibility index (Phi) is 4.91. The standard InChI is InChI=1S/C15H23N3O/c1-3-13(14-8-6-7-12(2)16-14)17-15(19)11-18-9-4-5-10-18/h6-8,13H,3-5,9-11H2,1-2H3,(H,17,19)/t13-/m1/s1. The lowest BCUT2D eigenvalue weighted by atomic mass is 10.1. The molecule has 1 amide bonds. The van der Waals surface area contributed by atoms with E-state index >= 15 is 0 Å². The molecule has 1 aromatic heterocycles. The van der Waals surface area contributed by atoms with Gasteiger partial charge in [0.2, 0.25) is 5.91 Å². The molecule has 1 aliphatic rings. The minimum atomic E-state index is 0.0232. The van der Waals surface area contributed by atoms with Crippen molar-refractivity contribution in [3.8, 4) is 0 Å². The fourth-order valence-electron chi connectivity index (χ4n) is 2.53. The van der Waals surface area contributed by atoms with Gasteiger partial charge in [0.05, 0.1) is 18.3 Å². The summed E-state index contributed by atoms with van der Waals surface area (Å²) in [6.07, 6.45) is 3.29. The highest BCUT2D eigenvalue weighted by Crippen LogP contribution is 2.15. The summed E-state index contributed by atoms with van der Waals surface area (Å²) in [6, 6.07) is 5.97. The van der Waals surface area contributed by atoms with Crippen LogP contribution in [0.1, 0.15) is 43.6 Å². The van der Waals surface area contributed by atoms with Crippen molar-refractivity contribution in [2.75, 3.05) is 19.6 Å². The predicted octanol–water partition coefficient (Wildman–Crippen LogP) is 2.05. The largest absolute Gasteiger partial charge is 0.347 e. The van der Waals surface area contributed by atoms with Crippen LogP contribution in [0, 0.1) is 6.92 Å². The number of hydrogen-bond acceptors (Lipinski definition) is 3. The molecule has 0 aliphatic carbocycles. The summed E-state index contributed by atoms with van der Waals surface area (Å²) in [5.41, 5.74) is 1.95. The molecule has 1 N–H and O–H groups in total. The first-order valence-corrected chi connectivity index (χ1v) is 7.14. The van der Waals surface area contributed by atoms with E-state index in [0.717, 1.165) is 30.9 Å². The van der Waals surface area contributed by atoms with E-state index in [2.05, 4.69) is 22.1 Å². The Balaban J connectivity index is 1.92. The molecule has 0 radical (unpaired) electrons. The van der Waals surface area contributed by atoms with Crippen LogP contribution >= 0.6 is 0 Å². The maximum atomic E-state index is 12.0. The fourth-order valence-corrected chi connectivity index (χ4v) is 2.53. The van der Waals surface area contributed by atoms with Gasteiger partial charge in [-0.15, -0.1) is 0 Å². The molecule has 2 rings (SSSR count). The number of aryl methyl sites for hydroxylation is 1. The molecule has 1 aromatic rings. The van der Waals surface area contributed by atoms with Gasteiger partial charge in [-0.25, -0.2) is 0 Å². The molecule has 1 aliphatic heterocycles. The van der Waals surface area contributed by atoms with E-state index in [-0.39, 0.29) is 11.9 Å². The first-order chi connectivity index (χ1) is 9.19. The smallest absolute Gasteiger partial charge is 0.234 e. The van der Waals surface area contributed by atoms with Crippen LogP contribution in [0.4, 0.5) is 0 Å². The summed E-state index contributed by atoms with van der Waals surface area (Å²) in [7, 11) is 0. The average molecular weight is 261 g/mol. The zero-order valence-electron chi connectivity index (χ0n) is 11.9. The van der Waals surface area contributed by atoms with Gasteiger partial charge in [0, 0.05) is 5.69 Å². The van der Waals surface area contributed by atoms with E-state index < -0.39 is 0 Å². The van der Waals surface area contributed by atoms with Crippen molar-refractivity contribution >= 4 is 5.91 Å². The van der Waals surface area contributed by atoms with Gasteiger partial charge in [0.1, 0.15) is 0 Å². The second kappa shape index (κ2) is 6.66. The van der Waals surface area contributed by atoms with Crippen molar-refractivity contribution < 1.29 is 4.79 Å². The van der Waals surface area contributed by atoms with E-state index in [9.17, 15) is 4.79 Å². The van der Waals surface area contributed by atoms with E-state index in [1.807, 2.05) is 25.1 Å². The average Bonchev–Trinajstić information content (AvgIpc) is 2.88. The van der Waals surface area contributed by atoms with E-state index in [0.29, 0.717) is 6.54 Å². The monoisotopic (exact) mass is 261 g/mol. The molecular formula is C15H23N3O. The number of amides is 1. The zero-order valence-corrected chi connectivity index (χ0v) is 11.9. The van der Waals surface area contributed by atoms with Crippen LogP contribution in [0.25, 0.3) is 0 Å². The number of nitrogens with one attached hydrogen (secondary N) is 1. The Hall–Kier alpha value is -1.42. The second-order valence-corrected chi connectivity index (χ2v) is 5.22. The lowest BCUT2D eigenvalue weighted by Gasteiger charge is -2.19. The summed E-state index contributed by atoms with van der Waals surface area (Å²) in [4.78, 5) is 18.8. The van der Waals surface area contributed by atoms with Gasteiger partial charge < -0.3 is 5.32 Å². The molecule has 19 heavy (non-hydrogen) atoms. The van der Waals surface area contributed by atoms with Crippen LogP contribution in [0.2, 0.25) is 0 Å². The molecular weight excluding hydrogens is 238 g/mol. The molecule has 104 valence electrons. The number of hydrogen-bond donors (Lipinski definition) is 1. The summed E-state index contributed by atoms with van der Waals surface area (Å²) in [5.74, 6) is 0.108. The quantitative estimate of drug-likeness (QED) is 0.882. The molecule has 0 unspecified atom stereocenters. The molecule has 1 saturated heterocycles. The van der Waals surface area contributed by atoms with Gasteiger partial charge in [0.15, 0.2) is 0 Å². The number of aromatic nitrogens is 1. The molecule has 1 atom stereocenters. The molecule has 0 aromatic carbocycles. The maximum Gasteiger partial charge on any atom is 0.234 e. The van der Waals surface area contributed by atoms with Crippen LogP contribution in [0.3, 0.4) is 0 Å². The lowest BCUT2D eigenvalue weighted by Crippen LogP contribution is -2.37. The van der Waals surface area contributed by atoms with Gasteiger partial charge in [0.25, 0.3) is 0 Å². The number of rotatable bonds is 5. The van der Waals surface area contributed by atoms with Crippen molar-refractivity contribution in [2.45, 2.75) is 39.2 Å². The third-order valence-corrected chi connectivity index (χ3v) is 3.58. The van der Waals surface area contributed by atoms with Crippen molar-refractivity contribution in [3.63, 3.8) is 0 Å². The first kappa shape index (κ1) is 14.0. The molecule has 1 fully saturated rings. The van der Waals surface area contributed by atoms with Crippen molar-refractivity contribution in [1.82, 2.24) is 15.2 Å². The third-order valence-electron chi connectivity index (χ3n) is 3.58. The Morgan fingerprint density at radius 3 is 2.79 bits per heavy atom. The summed E-state index contributed by atoms with van der Waals surface area (Å²) in [6.45, 7) is 6.66. The lowest BCUT2D eigenvalue weighted by molar-refractivity contribution is -0.122. The van der Waals surface area contributed by atoms with Crippen LogP contribution in [0.15, 0.2) is 18.2 Å². The summed E-state index contributed by atoms with van der Waals surface area (Å²) < 4.78 is 0. The Morgan fingerprint density at radius 1 is 1.42 bits per heavy atom. The molecule has 4 heteroatoms. The minimum absolute atomic E-state index is 0.0232. The Morgan fingerprint density at radius 2 is 2.16 bits per heavy atom. The van der Waals surface area contributed by atoms with Crippen LogP contribution in [-0.4, -0.2) is 35.4 Å². The van der Waals surface area contributed by atoms with Gasteiger partial charge >= 0.3 is 0 Å². The number of nitrogens with zero attached hydrogens (tertiary/aromatic N) is 2. The van der Waals surface area contributed by atoms with Crippen molar-refractivity contribution in [3.05, 3.63) is 29.6 Å². The normalized spacial score (nSPS) is 17.4. The van der Waals surface area contributed by atoms with Gasteiger partial charge in [-0.05, 0) is 51.4 Å². The topological polar surface area (TPSA) is 45.2 Å². The summed E-state index contributed by atoms with van der Waals surface area (Å²) in [5, 5.41) is 3.09. The third kappa shape index (κ3) is 4.03. The SMILES string of the molecule is CC[C@@H](NC(=O)CN1CCCC1)c1cccc(C)n1. The number of carbonyl (C=O) groups excluding carboxylic acids is 1. The first-order valence-electron chi connectivity index (χ1n) is 7.14. The molecule has 0 saturated carbocycles. The van der Waals surface area contributed by atoms with Crippen molar-refractivity contribution in [2.24, 2.45) is 0 Å². The fraction of sp³-hybridized carbons (Fsp3) is 0.600. The molecule has 2 heterocycles. The predicted molar refractivity (Wildman–Crippen MR) is 75.8 cm³/mol. The minimum Gasteiger partial charge on any atom is -0.347 e. The molecule has 0 spiro atoms. The zero-order chi connectivity index (χ0) is 13.7. The van der Waals surface area contributed by atoms with E-state index in [1.54, 1.807) is 0 Å². The van der Waals surface area contributed by atoms with Gasteiger partial charge in [-0.1, -0.05) is 13.0 Å². The van der Waals surface area contributed by atoms with Crippen LogP contribution < -0.4 is 5.32 Å². The van der Waals surface area contributed by atoms with Gasteiger partial charge in [-0.3, -0.25) is 14.7 Å². The highest BCUT2D eigenvalue weighted by molar-refractivity contribution is 5.78. The van der Waals surface area contributed by atoms with Crippen LogP contribution in [-0.2, 0) is 4.79 Å². The summed E-state index contributed by atoms with van der Waals surface area (Å²) >= 11 is 0. The van der Waals surface area contributed by atoms with Crippen molar-refractivity contribution in [1.29, 1.82) is 0 Å². The van der Waals surface area contributed by atoms with E-state index in [4.69, 9.17) is 0 Å². The Bertz CT molecular complexity index is 427. The number of likely N-dealkylation sites (tertiary alicyclic amines) is 1. The Labute approximate surface area is 115 Å². The number of pyridine rings is 1. The second-order valence-electron chi connectivity index (χ2n) is 5.22.